The van der Waals surface area contributed by atoms with Crippen molar-refractivity contribution < 1.29 is 0 Å². The van der Waals surface area contributed by atoms with E-state index >= 15 is 0 Å². The molecule has 0 saturated carbocycles. The molecule has 1 fully saturated rings. The zero-order valence-electron chi connectivity index (χ0n) is 12.9. The molecule has 0 spiro atoms. The quantitative estimate of drug-likeness (QED) is 0.726. The fraction of sp³-hybridized carbons (Fsp3) is 1.00. The number of hydrogen-bond donors (Lipinski definition) is 2. The summed E-state index contributed by atoms with van der Waals surface area (Å²) in [5, 5.41) is 8.03. The molecule has 0 atom stereocenters. The molecular weight excluding hydrogens is 240 g/mol. The van der Waals surface area contributed by atoms with E-state index in [1.54, 1.807) is 0 Å². The smallest absolute Gasteiger partial charge is 0.0130 e. The fourth-order valence-electron chi connectivity index (χ4n) is 2.97. The van der Waals surface area contributed by atoms with Gasteiger partial charge < -0.3 is 10.6 Å². The number of rotatable bonds is 6. The Labute approximate surface area is 118 Å². The van der Waals surface area contributed by atoms with E-state index in [4.69, 9.17) is 0 Å². The number of thioether (sulfide) groups is 1. The highest BCUT2D eigenvalue weighted by atomic mass is 32.2. The van der Waals surface area contributed by atoms with Crippen LogP contribution in [0.3, 0.4) is 0 Å². The Morgan fingerprint density at radius 2 is 1.72 bits per heavy atom. The van der Waals surface area contributed by atoms with Crippen LogP contribution in [0.5, 0.6) is 0 Å². The van der Waals surface area contributed by atoms with Crippen LogP contribution in [0.25, 0.3) is 0 Å². The minimum absolute atomic E-state index is 0.257. The highest BCUT2D eigenvalue weighted by molar-refractivity contribution is 7.99. The van der Waals surface area contributed by atoms with Crippen LogP contribution in [0, 0.1) is 5.41 Å². The summed E-state index contributed by atoms with van der Waals surface area (Å²) in [7, 11) is 0. The molecule has 1 aliphatic rings. The lowest BCUT2D eigenvalue weighted by Gasteiger charge is -2.33. The standard InChI is InChI=1S/C15H32N2S/c1-14(2,3)12-15(4,5)17-10-11-18-13-6-8-16-9-7-13/h13,16-17H,6-12H2,1-5H3. The SMILES string of the molecule is CC(C)(C)CC(C)(C)NCCSC1CCNCC1. The van der Waals surface area contributed by atoms with E-state index in [9.17, 15) is 0 Å². The average molecular weight is 273 g/mol. The van der Waals surface area contributed by atoms with E-state index in [1.165, 1.54) is 38.1 Å². The Morgan fingerprint density at radius 3 is 2.28 bits per heavy atom. The molecule has 1 heterocycles. The summed E-state index contributed by atoms with van der Waals surface area (Å²) in [4.78, 5) is 0. The zero-order valence-corrected chi connectivity index (χ0v) is 13.8. The number of hydrogen-bond acceptors (Lipinski definition) is 3. The maximum atomic E-state index is 3.72. The van der Waals surface area contributed by atoms with Crippen LogP contribution in [0.15, 0.2) is 0 Å². The van der Waals surface area contributed by atoms with Gasteiger partial charge in [-0.05, 0) is 51.6 Å². The molecule has 1 saturated heterocycles. The Balaban J connectivity index is 2.12. The van der Waals surface area contributed by atoms with Gasteiger partial charge in [-0.1, -0.05) is 20.8 Å². The highest BCUT2D eigenvalue weighted by Crippen LogP contribution is 2.27. The topological polar surface area (TPSA) is 24.1 Å². The van der Waals surface area contributed by atoms with Crippen LogP contribution >= 0.6 is 11.8 Å². The summed E-state index contributed by atoms with van der Waals surface area (Å²) in [6, 6.07) is 0. The molecule has 0 bridgehead atoms. The van der Waals surface area contributed by atoms with Crippen molar-refractivity contribution in [2.24, 2.45) is 5.41 Å². The van der Waals surface area contributed by atoms with Crippen molar-refractivity contribution in [2.75, 3.05) is 25.4 Å². The summed E-state index contributed by atoms with van der Waals surface area (Å²) in [5.74, 6) is 1.25. The van der Waals surface area contributed by atoms with Gasteiger partial charge in [-0.25, -0.2) is 0 Å². The van der Waals surface area contributed by atoms with Gasteiger partial charge in [-0.15, -0.1) is 0 Å². The van der Waals surface area contributed by atoms with Crippen LogP contribution in [0.2, 0.25) is 0 Å². The summed E-state index contributed by atoms with van der Waals surface area (Å²) < 4.78 is 0. The molecular formula is C15H32N2S. The van der Waals surface area contributed by atoms with E-state index in [-0.39, 0.29) is 5.54 Å². The molecule has 0 aromatic heterocycles. The predicted molar refractivity (Wildman–Crippen MR) is 84.5 cm³/mol. The summed E-state index contributed by atoms with van der Waals surface area (Å²) in [6.07, 6.45) is 3.91. The van der Waals surface area contributed by atoms with Crippen LogP contribution in [-0.2, 0) is 0 Å². The first-order valence-corrected chi connectivity index (χ1v) is 8.41. The molecule has 108 valence electrons. The highest BCUT2D eigenvalue weighted by Gasteiger charge is 2.24. The lowest BCUT2D eigenvalue weighted by Crippen LogP contribution is -2.43. The van der Waals surface area contributed by atoms with Crippen molar-refractivity contribution in [2.45, 2.75) is 64.7 Å². The molecule has 0 aromatic carbocycles. The van der Waals surface area contributed by atoms with Gasteiger partial charge in [0.05, 0.1) is 0 Å². The lowest BCUT2D eigenvalue weighted by molar-refractivity contribution is 0.246. The number of piperidine rings is 1. The van der Waals surface area contributed by atoms with Crippen LogP contribution in [0.1, 0.15) is 53.9 Å². The molecule has 3 heteroatoms. The first-order chi connectivity index (χ1) is 8.29. The molecule has 1 aliphatic heterocycles. The molecule has 2 N–H and O–H groups in total. The van der Waals surface area contributed by atoms with Crippen LogP contribution in [-0.4, -0.2) is 36.2 Å². The average Bonchev–Trinajstić information content (AvgIpc) is 2.23. The van der Waals surface area contributed by atoms with E-state index in [0.717, 1.165) is 11.8 Å². The Hall–Kier alpha value is 0.270. The normalized spacial score (nSPS) is 19.2. The van der Waals surface area contributed by atoms with Crippen molar-refractivity contribution in [3.63, 3.8) is 0 Å². The van der Waals surface area contributed by atoms with Crippen molar-refractivity contribution in [3.8, 4) is 0 Å². The van der Waals surface area contributed by atoms with Gasteiger partial charge in [0.15, 0.2) is 0 Å². The van der Waals surface area contributed by atoms with Crippen molar-refractivity contribution in [1.29, 1.82) is 0 Å². The third-order valence-corrected chi connectivity index (χ3v) is 4.70. The maximum Gasteiger partial charge on any atom is 0.0130 e. The summed E-state index contributed by atoms with van der Waals surface area (Å²) in [6.45, 7) is 15.2. The van der Waals surface area contributed by atoms with Gasteiger partial charge in [0.2, 0.25) is 0 Å². The molecule has 18 heavy (non-hydrogen) atoms. The molecule has 0 amide bonds. The third kappa shape index (κ3) is 7.65. The zero-order chi connectivity index (χ0) is 13.6. The second kappa shape index (κ2) is 7.16. The van der Waals surface area contributed by atoms with Gasteiger partial charge in [-0.3, -0.25) is 0 Å². The van der Waals surface area contributed by atoms with Gasteiger partial charge in [-0.2, -0.15) is 11.8 Å². The van der Waals surface area contributed by atoms with E-state index in [0.29, 0.717) is 5.41 Å². The van der Waals surface area contributed by atoms with E-state index < -0.39 is 0 Å². The maximum absolute atomic E-state index is 3.72. The molecule has 0 aliphatic carbocycles. The Morgan fingerprint density at radius 1 is 1.11 bits per heavy atom. The van der Waals surface area contributed by atoms with Crippen molar-refractivity contribution in [3.05, 3.63) is 0 Å². The van der Waals surface area contributed by atoms with Gasteiger partial charge in [0.25, 0.3) is 0 Å². The lowest BCUT2D eigenvalue weighted by atomic mass is 9.82. The molecule has 0 unspecified atom stereocenters. The van der Waals surface area contributed by atoms with Gasteiger partial charge in [0, 0.05) is 23.1 Å². The predicted octanol–water partition coefficient (Wildman–Crippen LogP) is 3.28. The summed E-state index contributed by atoms with van der Waals surface area (Å²) in [5.41, 5.74) is 0.658. The monoisotopic (exact) mass is 272 g/mol. The van der Waals surface area contributed by atoms with Crippen molar-refractivity contribution >= 4 is 11.8 Å². The summed E-state index contributed by atoms with van der Waals surface area (Å²) >= 11 is 2.15. The minimum Gasteiger partial charge on any atom is -0.317 e. The first kappa shape index (κ1) is 16.3. The number of nitrogens with one attached hydrogen (secondary N) is 2. The van der Waals surface area contributed by atoms with E-state index in [2.05, 4.69) is 57.0 Å². The van der Waals surface area contributed by atoms with Crippen LogP contribution < -0.4 is 10.6 Å². The largest absolute Gasteiger partial charge is 0.317 e. The first-order valence-electron chi connectivity index (χ1n) is 7.36. The fourth-order valence-corrected chi connectivity index (χ4v) is 4.09. The molecule has 1 rings (SSSR count). The van der Waals surface area contributed by atoms with E-state index in [1.807, 2.05) is 0 Å². The van der Waals surface area contributed by atoms with Gasteiger partial charge >= 0.3 is 0 Å². The Bertz CT molecular complexity index is 227. The molecule has 0 aromatic rings. The molecule has 2 nitrogen and oxygen atoms in total. The molecule has 0 radical (unpaired) electrons. The minimum atomic E-state index is 0.257. The second-order valence-corrected chi connectivity index (χ2v) is 8.78. The van der Waals surface area contributed by atoms with Gasteiger partial charge in [0.1, 0.15) is 0 Å². The van der Waals surface area contributed by atoms with Crippen molar-refractivity contribution in [1.82, 2.24) is 10.6 Å². The second-order valence-electron chi connectivity index (χ2n) is 7.37. The van der Waals surface area contributed by atoms with Crippen LogP contribution in [0.4, 0.5) is 0 Å². The Kier molecular flexibility index (Phi) is 6.49. The third-order valence-electron chi connectivity index (χ3n) is 3.32.